The lowest BCUT2D eigenvalue weighted by molar-refractivity contribution is -0.122. The van der Waals surface area contributed by atoms with Gasteiger partial charge in [0.2, 0.25) is 11.9 Å². The van der Waals surface area contributed by atoms with Crippen molar-refractivity contribution in [2.75, 3.05) is 55.7 Å². The number of hydrogen-bond acceptors (Lipinski definition) is 7. The van der Waals surface area contributed by atoms with Gasteiger partial charge in [0.05, 0.1) is 25.7 Å². The maximum absolute atomic E-state index is 12.0. The van der Waals surface area contributed by atoms with E-state index < -0.39 is 0 Å². The molecule has 2 aliphatic heterocycles. The third kappa shape index (κ3) is 5.25. The molecule has 1 aromatic carbocycles. The molecule has 3 heterocycles. The molecule has 2 aliphatic rings. The van der Waals surface area contributed by atoms with Gasteiger partial charge in [-0.25, -0.2) is 4.98 Å². The van der Waals surface area contributed by atoms with Crippen LogP contribution in [-0.4, -0.2) is 67.9 Å². The van der Waals surface area contributed by atoms with Crippen molar-refractivity contribution < 1.29 is 14.3 Å². The first kappa shape index (κ1) is 21.4. The molecule has 31 heavy (non-hydrogen) atoms. The molecular formula is C23H31N5O3. The molecule has 0 saturated carbocycles. The molecule has 1 N–H and O–H groups in total. The molecule has 2 unspecified atom stereocenters. The highest BCUT2D eigenvalue weighted by molar-refractivity contribution is 5.83. The number of ether oxygens (including phenoxy) is 2. The Hall–Kier alpha value is -2.87. The predicted octanol–water partition coefficient (Wildman–Crippen LogP) is 2.21. The van der Waals surface area contributed by atoms with Crippen LogP contribution in [0, 0.1) is 0 Å². The first-order valence-electron chi connectivity index (χ1n) is 11.1. The summed E-state index contributed by atoms with van der Waals surface area (Å²) in [4.78, 5) is 25.7. The van der Waals surface area contributed by atoms with Crippen molar-refractivity contribution in [1.82, 2.24) is 15.3 Å². The molecule has 2 atom stereocenters. The van der Waals surface area contributed by atoms with Crippen LogP contribution in [0.5, 0.6) is 5.75 Å². The van der Waals surface area contributed by atoms with E-state index in [-0.39, 0.29) is 17.9 Å². The SMILES string of the molecule is CCNC(=O)C(C)c1ccc(OC2CCN(c3ccnc(N4CCOCC4)n3)C2)cc1. The van der Waals surface area contributed by atoms with Crippen molar-refractivity contribution in [3.05, 3.63) is 42.1 Å². The summed E-state index contributed by atoms with van der Waals surface area (Å²) in [5, 5.41) is 2.87. The first-order valence-corrected chi connectivity index (χ1v) is 11.1. The maximum Gasteiger partial charge on any atom is 0.227 e. The summed E-state index contributed by atoms with van der Waals surface area (Å²) in [7, 11) is 0. The minimum atomic E-state index is -0.172. The zero-order valence-electron chi connectivity index (χ0n) is 18.3. The van der Waals surface area contributed by atoms with Crippen LogP contribution in [0.25, 0.3) is 0 Å². The highest BCUT2D eigenvalue weighted by atomic mass is 16.5. The van der Waals surface area contributed by atoms with E-state index in [1.54, 1.807) is 0 Å². The summed E-state index contributed by atoms with van der Waals surface area (Å²) in [6.45, 7) is 9.26. The molecule has 2 fully saturated rings. The quantitative estimate of drug-likeness (QED) is 0.729. The van der Waals surface area contributed by atoms with Crippen LogP contribution in [-0.2, 0) is 9.53 Å². The van der Waals surface area contributed by atoms with E-state index in [9.17, 15) is 4.79 Å². The molecule has 2 aromatic rings. The Morgan fingerprint density at radius 3 is 2.71 bits per heavy atom. The van der Waals surface area contributed by atoms with Crippen molar-refractivity contribution in [1.29, 1.82) is 0 Å². The van der Waals surface area contributed by atoms with Gasteiger partial charge in [-0.2, -0.15) is 4.98 Å². The third-order valence-electron chi connectivity index (χ3n) is 5.82. The van der Waals surface area contributed by atoms with Crippen LogP contribution in [0.4, 0.5) is 11.8 Å². The van der Waals surface area contributed by atoms with E-state index in [1.165, 1.54) is 0 Å². The molecule has 0 bridgehead atoms. The maximum atomic E-state index is 12.0. The molecule has 0 spiro atoms. The van der Waals surface area contributed by atoms with Crippen molar-refractivity contribution in [3.8, 4) is 5.75 Å². The minimum Gasteiger partial charge on any atom is -0.489 e. The molecule has 166 valence electrons. The summed E-state index contributed by atoms with van der Waals surface area (Å²) in [6, 6.07) is 9.82. The van der Waals surface area contributed by atoms with Crippen molar-refractivity contribution in [2.24, 2.45) is 0 Å². The second kappa shape index (κ2) is 9.96. The second-order valence-electron chi connectivity index (χ2n) is 7.97. The summed E-state index contributed by atoms with van der Waals surface area (Å²) in [5.74, 6) is 2.41. The van der Waals surface area contributed by atoms with E-state index in [2.05, 4.69) is 20.1 Å². The van der Waals surface area contributed by atoms with Gasteiger partial charge < -0.3 is 24.6 Å². The van der Waals surface area contributed by atoms with Gasteiger partial charge in [-0.15, -0.1) is 0 Å². The highest BCUT2D eigenvalue weighted by Crippen LogP contribution is 2.25. The molecule has 8 nitrogen and oxygen atoms in total. The Morgan fingerprint density at radius 1 is 1.19 bits per heavy atom. The van der Waals surface area contributed by atoms with Crippen LogP contribution >= 0.6 is 0 Å². The zero-order chi connectivity index (χ0) is 21.6. The lowest BCUT2D eigenvalue weighted by atomic mass is 10.0. The molecular weight excluding hydrogens is 394 g/mol. The number of hydrogen-bond donors (Lipinski definition) is 1. The number of likely N-dealkylation sites (N-methyl/N-ethyl adjacent to an activating group) is 1. The Kier molecular flexibility index (Phi) is 6.86. The number of anilines is 2. The normalized spacial score (nSPS) is 19.9. The van der Waals surface area contributed by atoms with E-state index in [1.807, 2.05) is 50.4 Å². The van der Waals surface area contributed by atoms with Crippen molar-refractivity contribution >= 4 is 17.7 Å². The van der Waals surface area contributed by atoms with Gasteiger partial charge in [-0.1, -0.05) is 12.1 Å². The first-order chi connectivity index (χ1) is 15.1. The molecule has 1 amide bonds. The van der Waals surface area contributed by atoms with Crippen LogP contribution in [0.2, 0.25) is 0 Å². The van der Waals surface area contributed by atoms with Gasteiger partial charge in [0.25, 0.3) is 0 Å². The standard InChI is InChI=1S/C23H31N5O3/c1-3-24-22(29)17(2)18-4-6-19(7-5-18)31-20-9-11-28(16-20)21-8-10-25-23(26-21)27-12-14-30-15-13-27/h4-8,10,17,20H,3,9,11-16H2,1-2H3,(H,24,29). The third-order valence-corrected chi connectivity index (χ3v) is 5.82. The number of morpholine rings is 1. The fraction of sp³-hybridized carbons (Fsp3) is 0.522. The molecule has 2 saturated heterocycles. The van der Waals surface area contributed by atoms with E-state index >= 15 is 0 Å². The number of rotatable bonds is 7. The average molecular weight is 426 g/mol. The summed E-state index contributed by atoms with van der Waals surface area (Å²) >= 11 is 0. The number of aromatic nitrogens is 2. The number of carbonyl (C=O) groups excluding carboxylic acids is 1. The summed E-state index contributed by atoms with van der Waals surface area (Å²) in [5.41, 5.74) is 0.989. The highest BCUT2D eigenvalue weighted by Gasteiger charge is 2.26. The van der Waals surface area contributed by atoms with Gasteiger partial charge >= 0.3 is 0 Å². The Morgan fingerprint density at radius 2 is 1.97 bits per heavy atom. The summed E-state index contributed by atoms with van der Waals surface area (Å²) < 4.78 is 11.6. The Balaban J connectivity index is 1.34. The topological polar surface area (TPSA) is 79.8 Å². The molecule has 0 aliphatic carbocycles. The van der Waals surface area contributed by atoms with Crippen LogP contribution in [0.1, 0.15) is 31.7 Å². The number of amides is 1. The molecule has 8 heteroatoms. The lowest BCUT2D eigenvalue weighted by Crippen LogP contribution is -2.37. The zero-order valence-corrected chi connectivity index (χ0v) is 18.3. The monoisotopic (exact) mass is 425 g/mol. The average Bonchev–Trinajstić information content (AvgIpc) is 3.28. The van der Waals surface area contributed by atoms with Crippen molar-refractivity contribution in [2.45, 2.75) is 32.3 Å². The molecule has 1 aromatic heterocycles. The predicted molar refractivity (Wildman–Crippen MR) is 120 cm³/mol. The number of carbonyl (C=O) groups is 1. The van der Waals surface area contributed by atoms with Gasteiger partial charge in [0.1, 0.15) is 17.7 Å². The van der Waals surface area contributed by atoms with Gasteiger partial charge in [0.15, 0.2) is 0 Å². The fourth-order valence-corrected chi connectivity index (χ4v) is 3.97. The second-order valence-corrected chi connectivity index (χ2v) is 7.97. The number of benzene rings is 1. The summed E-state index contributed by atoms with van der Waals surface area (Å²) in [6.07, 6.45) is 2.87. The van der Waals surface area contributed by atoms with E-state index in [0.717, 1.165) is 55.7 Å². The number of nitrogens with one attached hydrogen (secondary N) is 1. The van der Waals surface area contributed by atoms with Crippen LogP contribution in [0.15, 0.2) is 36.5 Å². The Labute approximate surface area is 183 Å². The van der Waals surface area contributed by atoms with Crippen LogP contribution in [0.3, 0.4) is 0 Å². The molecule has 0 radical (unpaired) electrons. The Bertz CT molecular complexity index is 870. The van der Waals surface area contributed by atoms with Gasteiger partial charge in [-0.3, -0.25) is 4.79 Å². The van der Waals surface area contributed by atoms with Crippen molar-refractivity contribution in [3.63, 3.8) is 0 Å². The fourth-order valence-electron chi connectivity index (χ4n) is 3.97. The smallest absolute Gasteiger partial charge is 0.227 e. The van der Waals surface area contributed by atoms with Crippen LogP contribution < -0.4 is 19.9 Å². The largest absolute Gasteiger partial charge is 0.489 e. The molecule has 4 rings (SSSR count). The lowest BCUT2D eigenvalue weighted by Gasteiger charge is -2.27. The van der Waals surface area contributed by atoms with Gasteiger partial charge in [-0.05, 0) is 37.6 Å². The minimum absolute atomic E-state index is 0.0453. The van der Waals surface area contributed by atoms with E-state index in [4.69, 9.17) is 14.5 Å². The number of nitrogens with zero attached hydrogens (tertiary/aromatic N) is 4. The van der Waals surface area contributed by atoms with Gasteiger partial charge in [0, 0.05) is 38.8 Å². The van der Waals surface area contributed by atoms with E-state index in [0.29, 0.717) is 19.8 Å².